The van der Waals surface area contributed by atoms with Crippen molar-refractivity contribution in [3.63, 3.8) is 0 Å². The Bertz CT molecular complexity index is 714. The van der Waals surface area contributed by atoms with E-state index in [1.165, 1.54) is 0 Å². The number of esters is 1. The Labute approximate surface area is 146 Å². The Morgan fingerprint density at radius 2 is 1.68 bits per heavy atom. The number of urea groups is 1. The Balaban J connectivity index is 1.94. The van der Waals surface area contributed by atoms with Crippen LogP contribution in [-0.4, -0.2) is 34.8 Å². The molecule has 2 amide bonds. The Morgan fingerprint density at radius 3 is 2.24 bits per heavy atom. The highest BCUT2D eigenvalue weighted by Crippen LogP contribution is 2.16. The highest BCUT2D eigenvalue weighted by molar-refractivity contribution is 5.90. The van der Waals surface area contributed by atoms with Gasteiger partial charge >= 0.3 is 12.0 Å². The minimum atomic E-state index is -0.357. The van der Waals surface area contributed by atoms with Crippen LogP contribution in [0.5, 0.6) is 0 Å². The number of rotatable bonds is 6. The van der Waals surface area contributed by atoms with E-state index in [-0.39, 0.29) is 18.0 Å². The van der Waals surface area contributed by atoms with Crippen molar-refractivity contribution in [1.82, 2.24) is 15.5 Å². The summed E-state index contributed by atoms with van der Waals surface area (Å²) in [6.45, 7) is 5.83. The first-order valence-corrected chi connectivity index (χ1v) is 7.93. The monoisotopic (exact) mass is 343 g/mol. The molecule has 1 heterocycles. The van der Waals surface area contributed by atoms with Gasteiger partial charge in [0.05, 0.1) is 12.2 Å². The predicted molar refractivity (Wildman–Crippen MR) is 95.0 cm³/mol. The Kier molecular flexibility index (Phi) is 6.27. The molecule has 0 spiro atoms. The summed E-state index contributed by atoms with van der Waals surface area (Å²) in [5, 5.41) is 16.3. The molecule has 0 saturated heterocycles. The summed E-state index contributed by atoms with van der Waals surface area (Å²) in [6, 6.07) is 9.86. The molecule has 25 heavy (non-hydrogen) atoms. The third-order valence-electron chi connectivity index (χ3n) is 2.99. The van der Waals surface area contributed by atoms with Crippen LogP contribution < -0.4 is 16.0 Å². The maximum Gasteiger partial charge on any atom is 0.338 e. The van der Waals surface area contributed by atoms with E-state index in [0.717, 1.165) is 5.69 Å². The van der Waals surface area contributed by atoms with Gasteiger partial charge in [-0.3, -0.25) is 5.32 Å². The van der Waals surface area contributed by atoms with Gasteiger partial charge in [-0.05, 0) is 57.2 Å². The number of ether oxygens (including phenoxy) is 1. The van der Waals surface area contributed by atoms with Crippen LogP contribution in [0.1, 0.15) is 31.1 Å². The molecule has 0 fully saturated rings. The van der Waals surface area contributed by atoms with Gasteiger partial charge in [-0.2, -0.15) is 0 Å². The van der Waals surface area contributed by atoms with E-state index in [4.69, 9.17) is 4.74 Å². The summed E-state index contributed by atoms with van der Waals surface area (Å²) < 4.78 is 4.93. The summed E-state index contributed by atoms with van der Waals surface area (Å²) in [5.74, 6) is 0.504. The molecule has 1 aromatic heterocycles. The lowest BCUT2D eigenvalue weighted by molar-refractivity contribution is 0.0526. The third-order valence-corrected chi connectivity index (χ3v) is 2.99. The topological polar surface area (TPSA) is 105 Å². The molecule has 0 bridgehead atoms. The van der Waals surface area contributed by atoms with Gasteiger partial charge in [-0.15, -0.1) is 10.2 Å². The molecule has 3 N–H and O–H groups in total. The number of anilines is 3. The number of aromatic nitrogens is 2. The van der Waals surface area contributed by atoms with E-state index in [1.807, 2.05) is 13.8 Å². The van der Waals surface area contributed by atoms with Gasteiger partial charge in [0.1, 0.15) is 0 Å². The highest BCUT2D eigenvalue weighted by atomic mass is 16.5. The first-order valence-electron chi connectivity index (χ1n) is 7.93. The highest BCUT2D eigenvalue weighted by Gasteiger charge is 2.07. The fourth-order valence-corrected chi connectivity index (χ4v) is 1.93. The van der Waals surface area contributed by atoms with Crippen LogP contribution in [0.4, 0.5) is 22.1 Å². The quantitative estimate of drug-likeness (QED) is 0.697. The number of hydrogen-bond acceptors (Lipinski definition) is 6. The summed E-state index contributed by atoms with van der Waals surface area (Å²) >= 11 is 0. The van der Waals surface area contributed by atoms with E-state index < -0.39 is 0 Å². The summed E-state index contributed by atoms with van der Waals surface area (Å²) in [4.78, 5) is 23.2. The predicted octanol–water partition coefficient (Wildman–Crippen LogP) is 2.93. The van der Waals surface area contributed by atoms with Crippen LogP contribution in [0.3, 0.4) is 0 Å². The second-order valence-electron chi connectivity index (χ2n) is 5.48. The average molecular weight is 343 g/mol. The zero-order valence-corrected chi connectivity index (χ0v) is 14.4. The van der Waals surface area contributed by atoms with Gasteiger partial charge in [0.15, 0.2) is 11.6 Å². The van der Waals surface area contributed by atoms with E-state index in [0.29, 0.717) is 23.8 Å². The largest absolute Gasteiger partial charge is 0.462 e. The van der Waals surface area contributed by atoms with Crippen molar-refractivity contribution in [2.75, 3.05) is 17.2 Å². The van der Waals surface area contributed by atoms with Crippen molar-refractivity contribution >= 4 is 29.3 Å². The smallest absolute Gasteiger partial charge is 0.338 e. The van der Waals surface area contributed by atoms with Crippen LogP contribution in [0, 0.1) is 0 Å². The van der Waals surface area contributed by atoms with Crippen LogP contribution >= 0.6 is 0 Å². The minimum Gasteiger partial charge on any atom is -0.462 e. The molecule has 0 aliphatic carbocycles. The molecule has 0 unspecified atom stereocenters. The van der Waals surface area contributed by atoms with Crippen molar-refractivity contribution in [3.8, 4) is 0 Å². The van der Waals surface area contributed by atoms with Crippen molar-refractivity contribution in [3.05, 3.63) is 42.0 Å². The van der Waals surface area contributed by atoms with Gasteiger partial charge in [-0.1, -0.05) is 0 Å². The van der Waals surface area contributed by atoms with Crippen molar-refractivity contribution in [2.24, 2.45) is 0 Å². The van der Waals surface area contributed by atoms with Crippen molar-refractivity contribution in [1.29, 1.82) is 0 Å². The summed E-state index contributed by atoms with van der Waals surface area (Å²) in [5.41, 5.74) is 1.23. The van der Waals surface area contributed by atoms with E-state index in [9.17, 15) is 9.59 Å². The van der Waals surface area contributed by atoms with Crippen LogP contribution in [0.25, 0.3) is 0 Å². The second kappa shape index (κ2) is 8.62. The molecular weight excluding hydrogens is 322 g/mol. The molecule has 0 atom stereocenters. The fraction of sp³-hybridized carbons (Fsp3) is 0.294. The standard InChI is InChI=1S/C17H21N5O3/c1-4-25-16(23)12-5-7-13(8-6-12)19-14-9-10-15(22-21-14)20-17(24)18-11(2)3/h5-11H,4H2,1-3H3,(H,19,21)(H2,18,20,22,24). The number of benzene rings is 1. The summed E-state index contributed by atoms with van der Waals surface area (Å²) in [7, 11) is 0. The third kappa shape index (κ3) is 5.76. The van der Waals surface area contributed by atoms with Crippen molar-refractivity contribution in [2.45, 2.75) is 26.8 Å². The molecule has 0 radical (unpaired) electrons. The molecule has 2 rings (SSSR count). The number of carbonyl (C=O) groups is 2. The zero-order valence-electron chi connectivity index (χ0n) is 14.4. The molecule has 8 heteroatoms. The molecule has 132 valence electrons. The SMILES string of the molecule is CCOC(=O)c1ccc(Nc2ccc(NC(=O)NC(C)C)nn2)cc1. The molecular formula is C17H21N5O3. The number of nitrogens with zero attached hydrogens (tertiary/aromatic N) is 2. The lowest BCUT2D eigenvalue weighted by Crippen LogP contribution is -2.34. The van der Waals surface area contributed by atoms with Gasteiger partial charge in [0.2, 0.25) is 0 Å². The zero-order chi connectivity index (χ0) is 18.2. The molecule has 1 aromatic carbocycles. The molecule has 0 aliphatic rings. The molecule has 0 saturated carbocycles. The van der Waals surface area contributed by atoms with Crippen LogP contribution in [-0.2, 0) is 4.74 Å². The number of hydrogen-bond donors (Lipinski definition) is 3. The van der Waals surface area contributed by atoms with Crippen molar-refractivity contribution < 1.29 is 14.3 Å². The van der Waals surface area contributed by atoms with E-state index in [1.54, 1.807) is 43.3 Å². The molecule has 8 nitrogen and oxygen atoms in total. The lowest BCUT2D eigenvalue weighted by Gasteiger charge is -2.10. The molecule has 0 aliphatic heterocycles. The maximum atomic E-state index is 11.6. The summed E-state index contributed by atoms with van der Waals surface area (Å²) in [6.07, 6.45) is 0. The Hall–Kier alpha value is -3.16. The molecule has 2 aromatic rings. The van der Waals surface area contributed by atoms with Gasteiger partial charge in [-0.25, -0.2) is 9.59 Å². The number of carbonyl (C=O) groups excluding carboxylic acids is 2. The van der Waals surface area contributed by atoms with Gasteiger partial charge < -0.3 is 15.4 Å². The first kappa shape index (κ1) is 18.2. The lowest BCUT2D eigenvalue weighted by atomic mass is 10.2. The first-order chi connectivity index (χ1) is 12.0. The van der Waals surface area contributed by atoms with Gasteiger partial charge in [0.25, 0.3) is 0 Å². The normalized spacial score (nSPS) is 10.2. The fourth-order valence-electron chi connectivity index (χ4n) is 1.93. The van der Waals surface area contributed by atoms with Crippen LogP contribution in [0.15, 0.2) is 36.4 Å². The average Bonchev–Trinajstić information content (AvgIpc) is 2.57. The van der Waals surface area contributed by atoms with E-state index in [2.05, 4.69) is 26.1 Å². The number of amides is 2. The van der Waals surface area contributed by atoms with Gasteiger partial charge in [0, 0.05) is 11.7 Å². The van der Waals surface area contributed by atoms with Crippen LogP contribution in [0.2, 0.25) is 0 Å². The minimum absolute atomic E-state index is 0.0338. The van der Waals surface area contributed by atoms with E-state index >= 15 is 0 Å². The second-order valence-corrected chi connectivity index (χ2v) is 5.48. The number of nitrogens with one attached hydrogen (secondary N) is 3. The maximum absolute atomic E-state index is 11.6. The Morgan fingerprint density at radius 1 is 1.04 bits per heavy atom.